The molecule has 2 saturated carbocycles. The third-order valence-electron chi connectivity index (χ3n) is 6.35. The molecular formula is C19H26N2O2. The van der Waals surface area contributed by atoms with E-state index in [1.165, 1.54) is 24.8 Å². The van der Waals surface area contributed by atoms with Gasteiger partial charge in [-0.2, -0.15) is 0 Å². The number of amides is 1. The van der Waals surface area contributed by atoms with E-state index in [1.54, 1.807) is 7.11 Å². The maximum atomic E-state index is 13.0. The molecule has 1 aromatic carbocycles. The van der Waals surface area contributed by atoms with Crippen LogP contribution in [0.4, 0.5) is 0 Å². The standard InChI is InChI=1S/C19H26N2O2/c1-23-16-6-4-12(5-7-16)15-8-9-21(11-15)19(22)17-13-2-3-14(10-13)18(17)20/h4-7,13-15,17-18H,2-3,8-11,20H2,1H3. The number of hydrogen-bond acceptors (Lipinski definition) is 3. The molecule has 5 unspecified atom stereocenters. The van der Waals surface area contributed by atoms with Crippen molar-refractivity contribution in [2.75, 3.05) is 20.2 Å². The van der Waals surface area contributed by atoms with Crippen LogP contribution in [0.3, 0.4) is 0 Å². The number of methoxy groups -OCH3 is 1. The Morgan fingerprint density at radius 3 is 2.57 bits per heavy atom. The molecule has 0 radical (unpaired) electrons. The van der Waals surface area contributed by atoms with E-state index >= 15 is 0 Å². The van der Waals surface area contributed by atoms with E-state index in [0.717, 1.165) is 25.3 Å². The minimum absolute atomic E-state index is 0.0865. The minimum atomic E-state index is 0.0865. The predicted octanol–water partition coefficient (Wildman–Crippen LogP) is 2.38. The van der Waals surface area contributed by atoms with Gasteiger partial charge in [0.15, 0.2) is 0 Å². The summed E-state index contributed by atoms with van der Waals surface area (Å²) in [6, 6.07) is 8.36. The molecule has 0 aromatic heterocycles. The highest BCUT2D eigenvalue weighted by molar-refractivity contribution is 5.81. The van der Waals surface area contributed by atoms with Crippen molar-refractivity contribution in [1.29, 1.82) is 0 Å². The summed E-state index contributed by atoms with van der Waals surface area (Å²) in [5.41, 5.74) is 7.65. The average Bonchev–Trinajstić information content (AvgIpc) is 3.30. The number of hydrogen-bond donors (Lipinski definition) is 1. The SMILES string of the molecule is COc1ccc(C2CCN(C(=O)C3C4CCC(C4)C3N)C2)cc1. The Kier molecular flexibility index (Phi) is 3.80. The summed E-state index contributed by atoms with van der Waals surface area (Å²) in [4.78, 5) is 15.0. The van der Waals surface area contributed by atoms with E-state index in [2.05, 4.69) is 17.0 Å². The van der Waals surface area contributed by atoms with Gasteiger partial charge in [-0.25, -0.2) is 0 Å². The molecular weight excluding hydrogens is 288 g/mol. The van der Waals surface area contributed by atoms with Crippen LogP contribution in [0, 0.1) is 17.8 Å². The second-order valence-electron chi connectivity index (χ2n) is 7.48. The van der Waals surface area contributed by atoms with Crippen LogP contribution in [-0.2, 0) is 4.79 Å². The number of carbonyl (C=O) groups excluding carboxylic acids is 1. The van der Waals surface area contributed by atoms with E-state index in [1.807, 2.05) is 12.1 Å². The molecule has 3 aliphatic rings. The topological polar surface area (TPSA) is 55.6 Å². The molecule has 2 aliphatic carbocycles. The van der Waals surface area contributed by atoms with Crippen LogP contribution < -0.4 is 10.5 Å². The monoisotopic (exact) mass is 314 g/mol. The molecule has 3 fully saturated rings. The number of nitrogens with zero attached hydrogens (tertiary/aromatic N) is 1. The number of fused-ring (bicyclic) bond motifs is 2. The summed E-state index contributed by atoms with van der Waals surface area (Å²) in [6.45, 7) is 1.71. The minimum Gasteiger partial charge on any atom is -0.497 e. The third kappa shape index (κ3) is 2.53. The van der Waals surface area contributed by atoms with Crippen LogP contribution in [0.25, 0.3) is 0 Å². The number of carbonyl (C=O) groups is 1. The zero-order valence-corrected chi connectivity index (χ0v) is 13.8. The first kappa shape index (κ1) is 15.0. The highest BCUT2D eigenvalue weighted by Crippen LogP contribution is 2.48. The molecule has 1 aromatic rings. The molecule has 1 heterocycles. The molecule has 1 saturated heterocycles. The van der Waals surface area contributed by atoms with Crippen molar-refractivity contribution < 1.29 is 9.53 Å². The van der Waals surface area contributed by atoms with E-state index in [9.17, 15) is 4.79 Å². The molecule has 2 N–H and O–H groups in total. The highest BCUT2D eigenvalue weighted by Gasteiger charge is 2.50. The first-order valence-electron chi connectivity index (χ1n) is 8.85. The van der Waals surface area contributed by atoms with E-state index in [4.69, 9.17) is 10.5 Å². The van der Waals surface area contributed by atoms with E-state index < -0.39 is 0 Å². The van der Waals surface area contributed by atoms with E-state index in [0.29, 0.717) is 23.7 Å². The van der Waals surface area contributed by atoms with Gasteiger partial charge < -0.3 is 15.4 Å². The zero-order chi connectivity index (χ0) is 16.0. The summed E-state index contributed by atoms with van der Waals surface area (Å²) in [5, 5.41) is 0. The lowest BCUT2D eigenvalue weighted by Gasteiger charge is -2.30. The number of rotatable bonds is 3. The van der Waals surface area contributed by atoms with E-state index in [-0.39, 0.29) is 12.0 Å². The first-order valence-corrected chi connectivity index (χ1v) is 8.85. The van der Waals surface area contributed by atoms with Gasteiger partial charge in [-0.05, 0) is 55.2 Å². The van der Waals surface area contributed by atoms with Gasteiger partial charge in [0.25, 0.3) is 0 Å². The van der Waals surface area contributed by atoms with Gasteiger partial charge in [0.2, 0.25) is 5.91 Å². The Labute approximate surface area is 138 Å². The van der Waals surface area contributed by atoms with Crippen LogP contribution in [-0.4, -0.2) is 37.0 Å². The van der Waals surface area contributed by atoms with Gasteiger partial charge in [-0.1, -0.05) is 12.1 Å². The smallest absolute Gasteiger partial charge is 0.227 e. The highest BCUT2D eigenvalue weighted by atomic mass is 16.5. The van der Waals surface area contributed by atoms with Crippen molar-refractivity contribution in [3.8, 4) is 5.75 Å². The molecule has 1 aliphatic heterocycles. The number of benzene rings is 1. The molecule has 1 amide bonds. The van der Waals surface area contributed by atoms with Crippen LogP contribution in [0.1, 0.15) is 37.2 Å². The van der Waals surface area contributed by atoms with Crippen molar-refractivity contribution in [2.24, 2.45) is 23.5 Å². The van der Waals surface area contributed by atoms with Crippen molar-refractivity contribution >= 4 is 5.91 Å². The molecule has 124 valence electrons. The van der Waals surface area contributed by atoms with Gasteiger partial charge in [0.1, 0.15) is 5.75 Å². The Morgan fingerprint density at radius 1 is 1.17 bits per heavy atom. The molecule has 4 rings (SSSR count). The summed E-state index contributed by atoms with van der Waals surface area (Å²) < 4.78 is 5.22. The zero-order valence-electron chi connectivity index (χ0n) is 13.8. The lowest BCUT2D eigenvalue weighted by molar-refractivity contribution is -0.136. The molecule has 4 heteroatoms. The van der Waals surface area contributed by atoms with Crippen molar-refractivity contribution in [2.45, 2.75) is 37.6 Å². The van der Waals surface area contributed by atoms with Crippen molar-refractivity contribution in [1.82, 2.24) is 4.90 Å². The largest absolute Gasteiger partial charge is 0.497 e. The van der Waals surface area contributed by atoms with Gasteiger partial charge >= 0.3 is 0 Å². The number of nitrogens with two attached hydrogens (primary N) is 1. The summed E-state index contributed by atoms with van der Waals surface area (Å²) >= 11 is 0. The second-order valence-corrected chi connectivity index (χ2v) is 7.48. The van der Waals surface area contributed by atoms with Gasteiger partial charge in [0.05, 0.1) is 13.0 Å². The van der Waals surface area contributed by atoms with Crippen molar-refractivity contribution in [3.05, 3.63) is 29.8 Å². The van der Waals surface area contributed by atoms with Gasteiger partial charge in [-0.3, -0.25) is 4.79 Å². The Hall–Kier alpha value is -1.55. The fraction of sp³-hybridized carbons (Fsp3) is 0.632. The van der Waals surface area contributed by atoms with Crippen LogP contribution in [0.5, 0.6) is 5.75 Å². The summed E-state index contributed by atoms with van der Waals surface area (Å²) in [5.74, 6) is 2.87. The summed E-state index contributed by atoms with van der Waals surface area (Å²) in [6.07, 6.45) is 4.65. The predicted molar refractivity (Wildman–Crippen MR) is 89.2 cm³/mol. The Bertz CT molecular complexity index is 584. The molecule has 5 atom stereocenters. The lowest BCUT2D eigenvalue weighted by atomic mass is 9.84. The second kappa shape index (κ2) is 5.82. The fourth-order valence-electron chi connectivity index (χ4n) is 5.02. The normalized spacial score (nSPS) is 35.7. The first-order chi connectivity index (χ1) is 11.2. The molecule has 2 bridgehead atoms. The van der Waals surface area contributed by atoms with Gasteiger partial charge in [-0.15, -0.1) is 0 Å². The molecule has 23 heavy (non-hydrogen) atoms. The Morgan fingerprint density at radius 2 is 1.91 bits per heavy atom. The van der Waals surface area contributed by atoms with Crippen molar-refractivity contribution in [3.63, 3.8) is 0 Å². The number of ether oxygens (including phenoxy) is 1. The fourth-order valence-corrected chi connectivity index (χ4v) is 5.02. The lowest BCUT2D eigenvalue weighted by Crippen LogP contribution is -2.46. The quantitative estimate of drug-likeness (QED) is 0.932. The third-order valence-corrected chi connectivity index (χ3v) is 6.35. The molecule has 4 nitrogen and oxygen atoms in total. The van der Waals surface area contributed by atoms with Crippen LogP contribution >= 0.6 is 0 Å². The maximum absolute atomic E-state index is 13.0. The number of likely N-dealkylation sites (tertiary alicyclic amines) is 1. The van der Waals surface area contributed by atoms with Crippen LogP contribution in [0.2, 0.25) is 0 Å². The maximum Gasteiger partial charge on any atom is 0.227 e. The average molecular weight is 314 g/mol. The Balaban J connectivity index is 1.42. The molecule has 0 spiro atoms. The van der Waals surface area contributed by atoms with Crippen LogP contribution in [0.15, 0.2) is 24.3 Å². The summed E-state index contributed by atoms with van der Waals surface area (Å²) in [7, 11) is 1.68. The van der Waals surface area contributed by atoms with Gasteiger partial charge in [0, 0.05) is 25.0 Å².